The van der Waals surface area contributed by atoms with Crippen LogP contribution in [0.2, 0.25) is 0 Å². The van der Waals surface area contributed by atoms with Gasteiger partial charge in [-0.05, 0) is 20.3 Å². The van der Waals surface area contributed by atoms with Gasteiger partial charge in [0.1, 0.15) is 5.82 Å². The van der Waals surface area contributed by atoms with Crippen LogP contribution in [-0.4, -0.2) is 29.2 Å². The second kappa shape index (κ2) is 4.65. The number of hydrogen-bond donors (Lipinski definition) is 2. The Morgan fingerprint density at radius 1 is 1.62 bits per heavy atom. The van der Waals surface area contributed by atoms with Crippen molar-refractivity contribution in [2.75, 3.05) is 24.2 Å². The fraction of sp³-hybridized carbons (Fsp3) is 0.636. The van der Waals surface area contributed by atoms with Gasteiger partial charge in [0, 0.05) is 30.8 Å². The number of nitrogens with two attached hydrogens (primary N) is 1. The van der Waals surface area contributed by atoms with E-state index in [-0.39, 0.29) is 0 Å². The molecule has 0 aromatic carbocycles. The zero-order valence-corrected chi connectivity index (χ0v) is 9.73. The molecule has 2 atom stereocenters. The van der Waals surface area contributed by atoms with E-state index in [9.17, 15) is 0 Å². The summed E-state index contributed by atoms with van der Waals surface area (Å²) in [5.74, 6) is 1.69. The molecule has 0 saturated carbocycles. The van der Waals surface area contributed by atoms with Crippen molar-refractivity contribution < 1.29 is 4.74 Å². The Bertz CT molecular complexity index is 369. The number of nitrogens with one attached hydrogen (secondary N) is 1. The Balaban J connectivity index is 1.96. The first-order valence-electron chi connectivity index (χ1n) is 5.61. The Morgan fingerprint density at radius 3 is 3.12 bits per heavy atom. The van der Waals surface area contributed by atoms with Crippen molar-refractivity contribution in [2.45, 2.75) is 26.4 Å². The van der Waals surface area contributed by atoms with E-state index in [2.05, 4.69) is 22.2 Å². The Hall–Kier alpha value is -1.36. The lowest BCUT2D eigenvalue weighted by atomic mass is 10.0. The standard InChI is InChI=1S/C11H18N4O/c1-7-5-14-11(12)15-10(7)13-6-9-3-4-16-8(9)2/h5,8-9H,3-4,6H2,1-2H3,(H3,12,13,14,15). The Morgan fingerprint density at radius 2 is 2.44 bits per heavy atom. The molecule has 0 amide bonds. The third kappa shape index (κ3) is 2.41. The second-order valence-corrected chi connectivity index (χ2v) is 4.27. The van der Waals surface area contributed by atoms with Crippen LogP contribution in [0.3, 0.4) is 0 Å². The predicted molar refractivity (Wildman–Crippen MR) is 63.2 cm³/mol. The molecule has 1 saturated heterocycles. The third-order valence-corrected chi connectivity index (χ3v) is 3.06. The van der Waals surface area contributed by atoms with E-state index in [1.54, 1.807) is 6.20 Å². The molecule has 2 heterocycles. The van der Waals surface area contributed by atoms with Gasteiger partial charge in [0.25, 0.3) is 0 Å². The first-order chi connectivity index (χ1) is 7.66. The normalized spacial score (nSPS) is 24.6. The number of anilines is 2. The quantitative estimate of drug-likeness (QED) is 0.804. The van der Waals surface area contributed by atoms with E-state index in [0.717, 1.165) is 31.0 Å². The highest BCUT2D eigenvalue weighted by Gasteiger charge is 2.23. The van der Waals surface area contributed by atoms with E-state index in [4.69, 9.17) is 10.5 Å². The van der Waals surface area contributed by atoms with E-state index in [1.165, 1.54) is 0 Å². The highest BCUT2D eigenvalue weighted by Crippen LogP contribution is 2.21. The van der Waals surface area contributed by atoms with Crippen molar-refractivity contribution in [1.29, 1.82) is 0 Å². The average molecular weight is 222 g/mol. The summed E-state index contributed by atoms with van der Waals surface area (Å²) in [6.07, 6.45) is 3.17. The smallest absolute Gasteiger partial charge is 0.221 e. The zero-order valence-electron chi connectivity index (χ0n) is 9.73. The molecule has 1 fully saturated rings. The molecule has 0 spiro atoms. The number of aryl methyl sites for hydroxylation is 1. The van der Waals surface area contributed by atoms with Crippen LogP contribution in [0.4, 0.5) is 11.8 Å². The summed E-state index contributed by atoms with van der Waals surface area (Å²) in [6.45, 7) is 5.81. The average Bonchev–Trinajstić information content (AvgIpc) is 2.66. The fourth-order valence-electron chi connectivity index (χ4n) is 1.91. The first kappa shape index (κ1) is 11.1. The maximum atomic E-state index is 5.55. The summed E-state index contributed by atoms with van der Waals surface area (Å²) in [7, 11) is 0. The number of hydrogen-bond acceptors (Lipinski definition) is 5. The summed E-state index contributed by atoms with van der Waals surface area (Å²) >= 11 is 0. The van der Waals surface area contributed by atoms with Gasteiger partial charge in [-0.1, -0.05) is 0 Å². The minimum atomic E-state index is 0.309. The van der Waals surface area contributed by atoms with Gasteiger partial charge in [0.15, 0.2) is 0 Å². The van der Waals surface area contributed by atoms with Gasteiger partial charge in [-0.25, -0.2) is 4.98 Å². The molecule has 2 unspecified atom stereocenters. The van der Waals surface area contributed by atoms with Crippen LogP contribution in [0.5, 0.6) is 0 Å². The van der Waals surface area contributed by atoms with Crippen molar-refractivity contribution in [3.63, 3.8) is 0 Å². The van der Waals surface area contributed by atoms with Crippen LogP contribution in [0.1, 0.15) is 18.9 Å². The second-order valence-electron chi connectivity index (χ2n) is 4.27. The van der Waals surface area contributed by atoms with Crippen molar-refractivity contribution >= 4 is 11.8 Å². The first-order valence-corrected chi connectivity index (χ1v) is 5.61. The molecule has 5 nitrogen and oxygen atoms in total. The molecule has 0 aliphatic carbocycles. The number of nitrogens with zero attached hydrogens (tertiary/aromatic N) is 2. The van der Waals surface area contributed by atoms with Crippen LogP contribution < -0.4 is 11.1 Å². The van der Waals surface area contributed by atoms with E-state index in [1.807, 2.05) is 6.92 Å². The van der Waals surface area contributed by atoms with Crippen molar-refractivity contribution in [3.05, 3.63) is 11.8 Å². The molecule has 3 N–H and O–H groups in total. The molecular formula is C11H18N4O. The summed E-state index contributed by atoms with van der Waals surface area (Å²) in [5.41, 5.74) is 6.57. The topological polar surface area (TPSA) is 73.1 Å². The van der Waals surface area contributed by atoms with Gasteiger partial charge >= 0.3 is 0 Å². The molecule has 1 aromatic heterocycles. The molecule has 0 radical (unpaired) electrons. The lowest BCUT2D eigenvalue weighted by molar-refractivity contribution is 0.108. The van der Waals surface area contributed by atoms with Crippen LogP contribution in [-0.2, 0) is 4.74 Å². The minimum absolute atomic E-state index is 0.309. The fourth-order valence-corrected chi connectivity index (χ4v) is 1.91. The lowest BCUT2D eigenvalue weighted by Crippen LogP contribution is -2.21. The molecule has 2 rings (SSSR count). The molecule has 1 aliphatic heterocycles. The SMILES string of the molecule is Cc1cnc(N)nc1NCC1CCOC1C. The van der Waals surface area contributed by atoms with Gasteiger partial charge in [-0.3, -0.25) is 0 Å². The molecular weight excluding hydrogens is 204 g/mol. The summed E-state index contributed by atoms with van der Waals surface area (Å²) in [4.78, 5) is 8.11. The largest absolute Gasteiger partial charge is 0.378 e. The van der Waals surface area contributed by atoms with Crippen LogP contribution in [0, 0.1) is 12.8 Å². The van der Waals surface area contributed by atoms with E-state index in [0.29, 0.717) is 18.0 Å². The molecule has 1 aliphatic rings. The molecule has 5 heteroatoms. The molecule has 88 valence electrons. The Kier molecular flexibility index (Phi) is 3.24. The number of rotatable bonds is 3. The van der Waals surface area contributed by atoms with Gasteiger partial charge in [0.2, 0.25) is 5.95 Å². The van der Waals surface area contributed by atoms with Crippen molar-refractivity contribution in [2.24, 2.45) is 5.92 Å². The van der Waals surface area contributed by atoms with E-state index < -0.39 is 0 Å². The van der Waals surface area contributed by atoms with Crippen LogP contribution in [0.15, 0.2) is 6.20 Å². The molecule has 16 heavy (non-hydrogen) atoms. The Labute approximate surface area is 95.4 Å². The van der Waals surface area contributed by atoms with Crippen molar-refractivity contribution in [3.8, 4) is 0 Å². The summed E-state index contributed by atoms with van der Waals surface area (Å²) in [5, 5.41) is 3.32. The number of ether oxygens (including phenoxy) is 1. The maximum absolute atomic E-state index is 5.55. The minimum Gasteiger partial charge on any atom is -0.378 e. The molecule has 1 aromatic rings. The number of nitrogen functional groups attached to an aromatic ring is 1. The maximum Gasteiger partial charge on any atom is 0.221 e. The predicted octanol–water partition coefficient (Wildman–Crippen LogP) is 1.20. The van der Waals surface area contributed by atoms with Gasteiger partial charge in [-0.15, -0.1) is 0 Å². The van der Waals surface area contributed by atoms with Gasteiger partial charge in [-0.2, -0.15) is 4.98 Å². The monoisotopic (exact) mass is 222 g/mol. The van der Waals surface area contributed by atoms with Gasteiger partial charge in [0.05, 0.1) is 6.10 Å². The zero-order chi connectivity index (χ0) is 11.5. The third-order valence-electron chi connectivity index (χ3n) is 3.06. The lowest BCUT2D eigenvalue weighted by Gasteiger charge is -2.16. The van der Waals surface area contributed by atoms with Crippen LogP contribution >= 0.6 is 0 Å². The van der Waals surface area contributed by atoms with Crippen molar-refractivity contribution in [1.82, 2.24) is 9.97 Å². The highest BCUT2D eigenvalue weighted by atomic mass is 16.5. The molecule has 0 bridgehead atoms. The van der Waals surface area contributed by atoms with E-state index >= 15 is 0 Å². The number of aromatic nitrogens is 2. The summed E-state index contributed by atoms with van der Waals surface area (Å²) < 4.78 is 5.51. The summed E-state index contributed by atoms with van der Waals surface area (Å²) in [6, 6.07) is 0. The van der Waals surface area contributed by atoms with Gasteiger partial charge < -0.3 is 15.8 Å². The van der Waals surface area contributed by atoms with Crippen LogP contribution in [0.25, 0.3) is 0 Å². The highest BCUT2D eigenvalue weighted by molar-refractivity contribution is 5.45.